The number of hydrogen-bond acceptors (Lipinski definition) is 8. The number of carbonyl (C=O) groups excluding carboxylic acids is 1. The molecule has 13 heteroatoms. The minimum Gasteiger partial charge on any atom is -0.768 e. The lowest BCUT2D eigenvalue weighted by Crippen LogP contribution is -2.25. The molecule has 3 aromatic carbocycles. The van der Waals surface area contributed by atoms with Gasteiger partial charge in [0.2, 0.25) is 0 Å². The summed E-state index contributed by atoms with van der Waals surface area (Å²) in [5.41, 5.74) is 8.83. The van der Waals surface area contributed by atoms with Crippen LogP contribution in [0.5, 0.6) is 11.5 Å². The Balaban J connectivity index is 1.45. The van der Waals surface area contributed by atoms with Gasteiger partial charge >= 0.3 is 6.29 Å². The molecule has 2 aromatic heterocycles. The third kappa shape index (κ3) is 4.96. The van der Waals surface area contributed by atoms with Gasteiger partial charge in [0.25, 0.3) is 5.91 Å². The number of nitrogens with two attached hydrogens (primary N) is 1. The molecular formula is C30H21F2N4O6S-. The van der Waals surface area contributed by atoms with E-state index in [9.17, 15) is 22.3 Å². The van der Waals surface area contributed by atoms with Crippen LogP contribution in [-0.4, -0.2) is 35.5 Å². The van der Waals surface area contributed by atoms with E-state index < -0.39 is 23.3 Å². The van der Waals surface area contributed by atoms with Gasteiger partial charge in [-0.15, -0.1) is 8.78 Å². The molecule has 1 aliphatic heterocycles. The number of aromatic nitrogens is 3. The number of oxazole rings is 1. The molecule has 1 atom stereocenters. The molecule has 1 saturated carbocycles. The van der Waals surface area contributed by atoms with Crippen molar-refractivity contribution in [3.05, 3.63) is 84.3 Å². The molecule has 218 valence electrons. The van der Waals surface area contributed by atoms with Crippen molar-refractivity contribution in [1.29, 1.82) is 0 Å². The first-order chi connectivity index (χ1) is 20.6. The lowest BCUT2D eigenvalue weighted by molar-refractivity contribution is -0.286. The molecule has 0 saturated heterocycles. The second-order valence-corrected chi connectivity index (χ2v) is 11.2. The van der Waals surface area contributed by atoms with Crippen molar-refractivity contribution in [2.24, 2.45) is 5.73 Å². The van der Waals surface area contributed by atoms with E-state index in [1.54, 1.807) is 47.9 Å². The minimum atomic E-state index is -3.79. The maximum absolute atomic E-state index is 13.8. The number of halogens is 2. The second-order valence-electron chi connectivity index (χ2n) is 10.2. The van der Waals surface area contributed by atoms with Crippen LogP contribution in [0.2, 0.25) is 0 Å². The summed E-state index contributed by atoms with van der Waals surface area (Å²) in [5, 5.41) is 0. The highest BCUT2D eigenvalue weighted by Crippen LogP contribution is 2.48. The highest BCUT2D eigenvalue weighted by Gasteiger charge is 2.43. The van der Waals surface area contributed by atoms with Crippen molar-refractivity contribution in [3.8, 4) is 50.9 Å². The Bertz CT molecular complexity index is 1970. The molecule has 0 radical (unpaired) electrons. The highest BCUT2D eigenvalue weighted by atomic mass is 32.2. The first-order valence-corrected chi connectivity index (χ1v) is 14.2. The minimum absolute atomic E-state index is 0.0638. The Morgan fingerprint density at radius 1 is 1.02 bits per heavy atom. The highest BCUT2D eigenvalue weighted by molar-refractivity contribution is 7.79. The lowest BCUT2D eigenvalue weighted by Gasteiger charge is -2.15. The lowest BCUT2D eigenvalue weighted by atomic mass is 9.98. The smallest absolute Gasteiger partial charge is 0.586 e. The summed E-state index contributed by atoms with van der Waals surface area (Å²) < 4.78 is 68.1. The van der Waals surface area contributed by atoms with Crippen LogP contribution in [0.3, 0.4) is 0 Å². The number of imidazole rings is 1. The molecule has 1 fully saturated rings. The van der Waals surface area contributed by atoms with Crippen LogP contribution < -0.4 is 15.2 Å². The molecule has 1 unspecified atom stereocenters. The number of amides is 1. The first kappa shape index (κ1) is 27.0. The number of carbonyl (C=O) groups is 1. The third-order valence-corrected chi connectivity index (χ3v) is 7.88. The van der Waals surface area contributed by atoms with Gasteiger partial charge in [-0.05, 0) is 84.4 Å². The van der Waals surface area contributed by atoms with E-state index in [4.69, 9.17) is 15.1 Å². The fraction of sp³-hybridized carbons (Fsp3) is 0.167. The average Bonchev–Trinajstić information content (AvgIpc) is 3.48. The summed E-state index contributed by atoms with van der Waals surface area (Å²) in [4.78, 5) is 21.2. The molecule has 3 heterocycles. The number of hydrogen-bond donors (Lipinski definition) is 1. The zero-order valence-corrected chi connectivity index (χ0v) is 23.2. The molecule has 0 spiro atoms. The number of benzene rings is 3. The van der Waals surface area contributed by atoms with Crippen LogP contribution in [-0.2, 0) is 11.1 Å². The summed E-state index contributed by atoms with van der Waals surface area (Å²) in [7, 11) is 0. The second kappa shape index (κ2) is 9.85. The topological polar surface area (TPSA) is 146 Å². The van der Waals surface area contributed by atoms with Gasteiger partial charge in [0, 0.05) is 28.1 Å². The predicted molar refractivity (Wildman–Crippen MR) is 149 cm³/mol. The number of nitrogens with zero attached hydrogens (tertiary/aromatic N) is 3. The quantitative estimate of drug-likeness (QED) is 0.233. The van der Waals surface area contributed by atoms with Crippen LogP contribution in [0.25, 0.3) is 39.4 Å². The number of rotatable bonds is 7. The first-order valence-electron chi connectivity index (χ1n) is 13.2. The van der Waals surface area contributed by atoms with Crippen LogP contribution in [0, 0.1) is 6.92 Å². The predicted octanol–water partition coefficient (Wildman–Crippen LogP) is 5.71. The zero-order valence-electron chi connectivity index (χ0n) is 22.4. The van der Waals surface area contributed by atoms with E-state index in [-0.39, 0.29) is 28.0 Å². The van der Waals surface area contributed by atoms with Crippen LogP contribution >= 0.6 is 0 Å². The zero-order chi connectivity index (χ0) is 30.0. The van der Waals surface area contributed by atoms with Gasteiger partial charge in [-0.25, -0.2) is 9.97 Å². The normalized spacial score (nSPS) is 15.9. The Morgan fingerprint density at radius 2 is 1.77 bits per heavy atom. The van der Waals surface area contributed by atoms with Gasteiger partial charge in [0.05, 0.1) is 5.69 Å². The maximum atomic E-state index is 13.8. The van der Waals surface area contributed by atoms with Gasteiger partial charge in [-0.1, -0.05) is 18.2 Å². The van der Waals surface area contributed by atoms with Gasteiger partial charge in [0.1, 0.15) is 17.2 Å². The van der Waals surface area contributed by atoms with Crippen molar-refractivity contribution >= 4 is 17.0 Å². The third-order valence-electron chi connectivity index (χ3n) is 7.24. The number of fused-ring (bicyclic) bond motifs is 1. The molecule has 0 bridgehead atoms. The molecule has 1 amide bonds. The summed E-state index contributed by atoms with van der Waals surface area (Å²) in [6, 6.07) is 16.2. The van der Waals surface area contributed by atoms with E-state index in [1.807, 2.05) is 6.07 Å². The largest absolute Gasteiger partial charge is 0.768 e. The molecular weight excluding hydrogens is 582 g/mol. The Kier molecular flexibility index (Phi) is 6.18. The van der Waals surface area contributed by atoms with E-state index in [2.05, 4.69) is 14.5 Å². The molecule has 2 N–H and O–H groups in total. The standard InChI is InChI=1S/C30H22F2N4O6S/c1-15-34-22(28(33)37)14-36(15)23-9-7-18(17-3-2-4-20(11-17)43(38)39)12-21(23)26-27(40-29(35-26)16-5-6-16)19-8-10-24-25(13-19)42-30(31,32)41-24/h2-4,7-14,16H,5-6H2,1H3,(H2,33,37)(H,38,39)/p-1. The summed E-state index contributed by atoms with van der Waals surface area (Å²) in [6.45, 7) is 1.72. The van der Waals surface area contributed by atoms with Crippen LogP contribution in [0.4, 0.5) is 8.78 Å². The van der Waals surface area contributed by atoms with Crippen molar-refractivity contribution in [3.63, 3.8) is 0 Å². The van der Waals surface area contributed by atoms with Crippen LogP contribution in [0.1, 0.15) is 41.0 Å². The fourth-order valence-corrected chi connectivity index (χ4v) is 5.45. The van der Waals surface area contributed by atoms with Gasteiger partial charge < -0.3 is 28.7 Å². The molecule has 7 rings (SSSR count). The van der Waals surface area contributed by atoms with E-state index in [0.717, 1.165) is 12.8 Å². The Labute approximate surface area is 245 Å². The van der Waals surface area contributed by atoms with Gasteiger partial charge in [-0.2, -0.15) is 0 Å². The molecule has 1 aliphatic carbocycles. The average molecular weight is 604 g/mol. The number of aryl methyl sites for hydroxylation is 1. The van der Waals surface area contributed by atoms with Crippen LogP contribution in [0.15, 0.2) is 76.2 Å². The van der Waals surface area contributed by atoms with E-state index >= 15 is 0 Å². The molecule has 2 aliphatic rings. The van der Waals surface area contributed by atoms with E-state index in [1.165, 1.54) is 24.4 Å². The van der Waals surface area contributed by atoms with E-state index in [0.29, 0.717) is 51.1 Å². The molecule has 10 nitrogen and oxygen atoms in total. The van der Waals surface area contributed by atoms with Gasteiger partial charge in [0.15, 0.2) is 23.1 Å². The number of ether oxygens (including phenoxy) is 2. The number of alkyl halides is 2. The Morgan fingerprint density at radius 3 is 2.49 bits per heavy atom. The monoisotopic (exact) mass is 603 g/mol. The maximum Gasteiger partial charge on any atom is 0.586 e. The van der Waals surface area contributed by atoms with Crippen molar-refractivity contribution < 1.29 is 36.2 Å². The van der Waals surface area contributed by atoms with Crippen molar-refractivity contribution in [1.82, 2.24) is 14.5 Å². The Hall–Kier alpha value is -4.88. The van der Waals surface area contributed by atoms with Gasteiger partial charge in [-0.3, -0.25) is 9.00 Å². The summed E-state index contributed by atoms with van der Waals surface area (Å²) in [6.07, 6.45) is -0.490. The summed E-state index contributed by atoms with van der Waals surface area (Å²) in [5.74, 6) is 0.437. The number of primary amides is 1. The van der Waals surface area contributed by atoms with Crippen molar-refractivity contribution in [2.45, 2.75) is 36.9 Å². The van der Waals surface area contributed by atoms with Crippen molar-refractivity contribution in [2.75, 3.05) is 0 Å². The fourth-order valence-electron chi connectivity index (χ4n) is 5.04. The molecule has 43 heavy (non-hydrogen) atoms. The summed E-state index contributed by atoms with van der Waals surface area (Å²) >= 11 is -2.43. The SMILES string of the molecule is Cc1nc(C(N)=O)cn1-c1ccc(-c2cccc(S(=O)[O-])c2)cc1-c1nc(C2CC2)oc1-c1ccc2c(c1)OC(F)(F)O2. The molecule has 5 aromatic rings.